The van der Waals surface area contributed by atoms with Gasteiger partial charge in [0.2, 0.25) is 0 Å². The number of hydrogen-bond acceptors (Lipinski definition) is 4. The SMILES string of the molecule is CCNC(=NCc1cc(Cl)ccc1OC(F)F)NCc1ncc(CC)s1.I. The number of aromatic nitrogens is 1. The minimum Gasteiger partial charge on any atom is -0.434 e. The Morgan fingerprint density at radius 3 is 2.74 bits per heavy atom. The van der Waals surface area contributed by atoms with Crippen LogP contribution in [0.4, 0.5) is 8.78 Å². The van der Waals surface area contributed by atoms with Gasteiger partial charge >= 0.3 is 6.61 Å². The number of aliphatic imine (C=N–C) groups is 1. The van der Waals surface area contributed by atoms with E-state index in [1.54, 1.807) is 17.4 Å². The number of aryl methyl sites for hydroxylation is 1. The lowest BCUT2D eigenvalue weighted by Gasteiger charge is -2.12. The molecule has 0 amide bonds. The van der Waals surface area contributed by atoms with Gasteiger partial charge in [-0.05, 0) is 31.5 Å². The van der Waals surface area contributed by atoms with Crippen LogP contribution in [0.1, 0.15) is 29.3 Å². The molecule has 0 radical (unpaired) electrons. The van der Waals surface area contributed by atoms with Crippen LogP contribution < -0.4 is 15.4 Å². The Balaban J connectivity index is 0.00000364. The van der Waals surface area contributed by atoms with Crippen molar-refractivity contribution in [1.29, 1.82) is 0 Å². The lowest BCUT2D eigenvalue weighted by Crippen LogP contribution is -2.36. The zero-order chi connectivity index (χ0) is 18.9. The molecule has 0 atom stereocenters. The van der Waals surface area contributed by atoms with Gasteiger partial charge in [0.1, 0.15) is 10.8 Å². The Kier molecular flexibility index (Phi) is 10.9. The van der Waals surface area contributed by atoms with E-state index in [0.29, 0.717) is 29.6 Å². The molecular formula is C17H22ClF2IN4OS. The summed E-state index contributed by atoms with van der Waals surface area (Å²) in [7, 11) is 0. The summed E-state index contributed by atoms with van der Waals surface area (Å²) < 4.78 is 29.6. The summed E-state index contributed by atoms with van der Waals surface area (Å²) >= 11 is 7.60. The van der Waals surface area contributed by atoms with E-state index < -0.39 is 6.61 Å². The van der Waals surface area contributed by atoms with Crippen LogP contribution in [0.2, 0.25) is 5.02 Å². The fourth-order valence-electron chi connectivity index (χ4n) is 2.14. The number of nitrogens with one attached hydrogen (secondary N) is 2. The van der Waals surface area contributed by atoms with Crippen LogP contribution >= 0.6 is 46.9 Å². The minimum absolute atomic E-state index is 0. The molecule has 0 aliphatic carbocycles. The Hall–Kier alpha value is -1.20. The van der Waals surface area contributed by atoms with E-state index in [4.69, 9.17) is 11.6 Å². The van der Waals surface area contributed by atoms with Gasteiger partial charge in [-0.1, -0.05) is 18.5 Å². The molecule has 150 valence electrons. The van der Waals surface area contributed by atoms with Crippen LogP contribution in [0.25, 0.3) is 0 Å². The van der Waals surface area contributed by atoms with Crippen molar-refractivity contribution in [1.82, 2.24) is 15.6 Å². The molecule has 1 aromatic heterocycles. The second kappa shape index (κ2) is 12.3. The van der Waals surface area contributed by atoms with E-state index in [0.717, 1.165) is 11.4 Å². The van der Waals surface area contributed by atoms with Crippen LogP contribution in [0.3, 0.4) is 0 Å². The fraction of sp³-hybridized carbons (Fsp3) is 0.412. The Morgan fingerprint density at radius 2 is 2.11 bits per heavy atom. The molecule has 0 fully saturated rings. The first kappa shape index (κ1) is 23.8. The van der Waals surface area contributed by atoms with Gasteiger partial charge in [-0.2, -0.15) is 8.78 Å². The maximum atomic E-state index is 12.5. The molecule has 0 aliphatic heterocycles. The van der Waals surface area contributed by atoms with Crippen molar-refractivity contribution in [2.45, 2.75) is 40.0 Å². The molecular weight excluding hydrogens is 509 g/mol. The molecule has 0 saturated carbocycles. The van der Waals surface area contributed by atoms with Gasteiger partial charge < -0.3 is 15.4 Å². The largest absolute Gasteiger partial charge is 0.434 e. The van der Waals surface area contributed by atoms with Crippen LogP contribution in [0, 0.1) is 0 Å². The maximum Gasteiger partial charge on any atom is 0.387 e. The fourth-order valence-corrected chi connectivity index (χ4v) is 3.14. The molecule has 0 bridgehead atoms. The smallest absolute Gasteiger partial charge is 0.387 e. The van der Waals surface area contributed by atoms with E-state index in [1.165, 1.54) is 17.0 Å². The van der Waals surface area contributed by atoms with Gasteiger partial charge in [0.05, 0.1) is 13.1 Å². The lowest BCUT2D eigenvalue weighted by atomic mass is 10.2. The van der Waals surface area contributed by atoms with E-state index >= 15 is 0 Å². The number of alkyl halides is 2. The third kappa shape index (κ3) is 8.14. The van der Waals surface area contributed by atoms with Crippen molar-refractivity contribution in [3.05, 3.63) is 44.9 Å². The van der Waals surface area contributed by atoms with Gasteiger partial charge in [0.15, 0.2) is 5.96 Å². The molecule has 1 heterocycles. The summed E-state index contributed by atoms with van der Waals surface area (Å²) in [6.07, 6.45) is 2.82. The van der Waals surface area contributed by atoms with Crippen molar-refractivity contribution >= 4 is 52.9 Å². The summed E-state index contributed by atoms with van der Waals surface area (Å²) in [6, 6.07) is 4.49. The van der Waals surface area contributed by atoms with Crippen molar-refractivity contribution in [2.75, 3.05) is 6.54 Å². The highest BCUT2D eigenvalue weighted by molar-refractivity contribution is 14.0. The maximum absolute atomic E-state index is 12.5. The predicted molar refractivity (Wildman–Crippen MR) is 117 cm³/mol. The van der Waals surface area contributed by atoms with Gasteiger partial charge in [0, 0.05) is 28.2 Å². The van der Waals surface area contributed by atoms with Crippen LogP contribution in [-0.4, -0.2) is 24.1 Å². The molecule has 0 aliphatic rings. The average Bonchev–Trinajstić information content (AvgIpc) is 3.07. The van der Waals surface area contributed by atoms with Crippen molar-refractivity contribution in [3.63, 3.8) is 0 Å². The highest BCUT2D eigenvalue weighted by Crippen LogP contribution is 2.25. The molecule has 0 spiro atoms. The van der Waals surface area contributed by atoms with Crippen molar-refractivity contribution in [3.8, 4) is 5.75 Å². The zero-order valence-corrected chi connectivity index (χ0v) is 18.9. The first-order valence-corrected chi connectivity index (χ1v) is 9.40. The van der Waals surface area contributed by atoms with Crippen LogP contribution in [0.5, 0.6) is 5.75 Å². The van der Waals surface area contributed by atoms with Crippen molar-refractivity contribution in [2.24, 2.45) is 4.99 Å². The predicted octanol–water partition coefficient (Wildman–Crippen LogP) is 4.83. The summed E-state index contributed by atoms with van der Waals surface area (Å²) in [4.78, 5) is 9.99. The second-order valence-electron chi connectivity index (χ2n) is 5.25. The quantitative estimate of drug-likeness (QED) is 0.292. The molecule has 5 nitrogen and oxygen atoms in total. The molecule has 0 unspecified atom stereocenters. The number of nitrogens with zero attached hydrogens (tertiary/aromatic N) is 2. The molecule has 2 aromatic rings. The van der Waals surface area contributed by atoms with Gasteiger partial charge in [-0.15, -0.1) is 35.3 Å². The van der Waals surface area contributed by atoms with Gasteiger partial charge in [-0.3, -0.25) is 0 Å². The number of thiazole rings is 1. The van der Waals surface area contributed by atoms with Gasteiger partial charge in [0.25, 0.3) is 0 Å². The standard InChI is InChI=1S/C17H21ClF2N4OS.HI/c1-3-13-9-22-15(26-13)10-24-17(21-4-2)23-8-11-7-12(18)5-6-14(11)25-16(19)20;/h5-7,9,16H,3-4,8,10H2,1-2H3,(H2,21,23,24);1H. The Morgan fingerprint density at radius 1 is 1.33 bits per heavy atom. The monoisotopic (exact) mass is 530 g/mol. The summed E-state index contributed by atoms with van der Waals surface area (Å²) in [6.45, 7) is 2.48. The number of rotatable bonds is 8. The topological polar surface area (TPSA) is 58.5 Å². The average molecular weight is 531 g/mol. The van der Waals surface area contributed by atoms with Crippen LogP contribution in [-0.2, 0) is 19.5 Å². The molecule has 10 heteroatoms. The molecule has 2 N–H and O–H groups in total. The van der Waals surface area contributed by atoms with Crippen LogP contribution in [0.15, 0.2) is 29.4 Å². The third-order valence-electron chi connectivity index (χ3n) is 3.35. The third-order valence-corrected chi connectivity index (χ3v) is 4.72. The van der Waals surface area contributed by atoms with E-state index in [2.05, 4.69) is 32.3 Å². The number of halogens is 4. The normalized spacial score (nSPS) is 11.3. The molecule has 0 saturated heterocycles. The van der Waals surface area contributed by atoms with E-state index in [1.807, 2.05) is 13.1 Å². The first-order chi connectivity index (χ1) is 12.5. The molecule has 2 rings (SSSR count). The molecule has 27 heavy (non-hydrogen) atoms. The Labute approximate surface area is 183 Å². The highest BCUT2D eigenvalue weighted by atomic mass is 127. The number of hydrogen-bond donors (Lipinski definition) is 2. The highest BCUT2D eigenvalue weighted by Gasteiger charge is 2.10. The number of ether oxygens (including phenoxy) is 1. The summed E-state index contributed by atoms with van der Waals surface area (Å²) in [5.74, 6) is 0.625. The summed E-state index contributed by atoms with van der Waals surface area (Å²) in [5.41, 5.74) is 0.484. The van der Waals surface area contributed by atoms with E-state index in [9.17, 15) is 8.78 Å². The lowest BCUT2D eigenvalue weighted by molar-refractivity contribution is -0.0504. The number of benzene rings is 1. The van der Waals surface area contributed by atoms with Gasteiger partial charge in [-0.25, -0.2) is 9.98 Å². The van der Waals surface area contributed by atoms with Crippen molar-refractivity contribution < 1.29 is 13.5 Å². The Bertz CT molecular complexity index is 745. The second-order valence-corrected chi connectivity index (χ2v) is 6.89. The van der Waals surface area contributed by atoms with E-state index in [-0.39, 0.29) is 36.3 Å². The summed E-state index contributed by atoms with van der Waals surface area (Å²) in [5, 5.41) is 7.69. The first-order valence-electron chi connectivity index (χ1n) is 8.20. The zero-order valence-electron chi connectivity index (χ0n) is 15.0. The minimum atomic E-state index is -2.90. The molecule has 1 aromatic carbocycles. The number of guanidine groups is 1.